The van der Waals surface area contributed by atoms with Crippen LogP contribution in [0.3, 0.4) is 0 Å². The highest BCUT2D eigenvalue weighted by atomic mass is 16.5. The first-order valence-electron chi connectivity index (χ1n) is 7.44. The highest BCUT2D eigenvalue weighted by Gasteiger charge is 2.12. The third-order valence-corrected chi connectivity index (χ3v) is 3.79. The Kier molecular flexibility index (Phi) is 5.34. The molecule has 1 aromatic carbocycles. The highest BCUT2D eigenvalue weighted by Crippen LogP contribution is 2.29. The van der Waals surface area contributed by atoms with Gasteiger partial charge in [-0.05, 0) is 26.8 Å². The van der Waals surface area contributed by atoms with Crippen molar-refractivity contribution in [1.82, 2.24) is 4.98 Å². The molecule has 0 saturated heterocycles. The number of benzene rings is 1. The number of methoxy groups -OCH3 is 1. The summed E-state index contributed by atoms with van der Waals surface area (Å²) < 4.78 is 5.39. The fourth-order valence-electron chi connectivity index (χ4n) is 2.37. The Labute approximate surface area is 136 Å². The van der Waals surface area contributed by atoms with Crippen LogP contribution in [0.2, 0.25) is 0 Å². The van der Waals surface area contributed by atoms with Crippen LogP contribution in [-0.4, -0.2) is 28.5 Å². The molecule has 1 aromatic heterocycles. The lowest BCUT2D eigenvalue weighted by Crippen LogP contribution is -2.00. The van der Waals surface area contributed by atoms with Gasteiger partial charge in [0.05, 0.1) is 25.5 Å². The first kappa shape index (κ1) is 17.0. The minimum Gasteiger partial charge on any atom is -0.505 e. The fraction of sp³-hybridized carbons (Fsp3) is 0.333. The number of aliphatic imine (C=N–C) groups is 1. The number of hydrogen-bond acceptors (Lipinski definition) is 5. The fourth-order valence-corrected chi connectivity index (χ4v) is 2.37. The van der Waals surface area contributed by atoms with E-state index in [-0.39, 0.29) is 18.4 Å². The molecule has 1 atom stereocenters. The smallest absolute Gasteiger partial charge is 0.145 e. The quantitative estimate of drug-likeness (QED) is 0.832. The molecule has 23 heavy (non-hydrogen) atoms. The van der Waals surface area contributed by atoms with Crippen LogP contribution >= 0.6 is 0 Å². The van der Waals surface area contributed by atoms with Gasteiger partial charge in [0, 0.05) is 29.1 Å². The van der Waals surface area contributed by atoms with Gasteiger partial charge in [0.15, 0.2) is 0 Å². The molecule has 0 unspecified atom stereocenters. The SMILES string of the molecule is COc1ccc(C)cc1[C@H](C)N=Cc1c(CO)cnc(C)c1O. The van der Waals surface area contributed by atoms with E-state index >= 15 is 0 Å². The molecular weight excluding hydrogens is 292 g/mol. The van der Waals surface area contributed by atoms with Crippen molar-refractivity contribution in [2.24, 2.45) is 4.99 Å². The van der Waals surface area contributed by atoms with E-state index in [2.05, 4.69) is 9.98 Å². The molecule has 0 aliphatic heterocycles. The summed E-state index contributed by atoms with van der Waals surface area (Å²) in [4.78, 5) is 8.56. The van der Waals surface area contributed by atoms with Crippen molar-refractivity contribution in [2.45, 2.75) is 33.4 Å². The molecule has 5 heteroatoms. The number of aliphatic hydroxyl groups is 1. The lowest BCUT2D eigenvalue weighted by Gasteiger charge is -2.13. The summed E-state index contributed by atoms with van der Waals surface area (Å²) in [5.74, 6) is 0.821. The summed E-state index contributed by atoms with van der Waals surface area (Å²) in [7, 11) is 1.63. The molecule has 0 fully saturated rings. The first-order valence-corrected chi connectivity index (χ1v) is 7.44. The molecule has 0 spiro atoms. The van der Waals surface area contributed by atoms with Crippen molar-refractivity contribution in [3.8, 4) is 11.5 Å². The Hall–Kier alpha value is -2.40. The van der Waals surface area contributed by atoms with E-state index < -0.39 is 0 Å². The summed E-state index contributed by atoms with van der Waals surface area (Å²) in [5, 5.41) is 19.6. The van der Waals surface area contributed by atoms with Gasteiger partial charge >= 0.3 is 0 Å². The zero-order valence-corrected chi connectivity index (χ0v) is 13.9. The van der Waals surface area contributed by atoms with Gasteiger partial charge < -0.3 is 14.9 Å². The summed E-state index contributed by atoms with van der Waals surface area (Å²) >= 11 is 0. The molecule has 0 bridgehead atoms. The van der Waals surface area contributed by atoms with E-state index in [1.807, 2.05) is 32.0 Å². The third-order valence-electron chi connectivity index (χ3n) is 3.79. The average molecular weight is 314 g/mol. The molecule has 2 rings (SSSR count). The van der Waals surface area contributed by atoms with E-state index in [1.54, 1.807) is 26.4 Å². The van der Waals surface area contributed by atoms with Crippen LogP contribution in [0.1, 0.15) is 40.9 Å². The summed E-state index contributed by atoms with van der Waals surface area (Å²) in [6.07, 6.45) is 3.14. The van der Waals surface area contributed by atoms with E-state index in [9.17, 15) is 10.2 Å². The van der Waals surface area contributed by atoms with Gasteiger partial charge in [-0.25, -0.2) is 0 Å². The largest absolute Gasteiger partial charge is 0.505 e. The van der Waals surface area contributed by atoms with Gasteiger partial charge in [-0.1, -0.05) is 17.7 Å². The molecule has 0 amide bonds. The molecule has 1 heterocycles. The molecule has 2 aromatic rings. The predicted molar refractivity (Wildman–Crippen MR) is 90.3 cm³/mol. The third kappa shape index (κ3) is 3.68. The second-order valence-corrected chi connectivity index (χ2v) is 5.49. The van der Waals surface area contributed by atoms with Gasteiger partial charge in [0.1, 0.15) is 11.5 Å². The molecule has 0 saturated carbocycles. The van der Waals surface area contributed by atoms with Crippen LogP contribution < -0.4 is 4.74 Å². The molecule has 0 aliphatic rings. The summed E-state index contributed by atoms with van der Waals surface area (Å²) in [6, 6.07) is 5.79. The maximum Gasteiger partial charge on any atom is 0.145 e. The Bertz CT molecular complexity index is 726. The van der Waals surface area contributed by atoms with E-state index in [0.29, 0.717) is 16.8 Å². The van der Waals surface area contributed by atoms with Crippen LogP contribution in [0, 0.1) is 13.8 Å². The number of ether oxygens (including phenoxy) is 1. The van der Waals surface area contributed by atoms with Crippen molar-refractivity contribution in [2.75, 3.05) is 7.11 Å². The number of aromatic nitrogens is 1. The van der Waals surface area contributed by atoms with Gasteiger partial charge in [0.25, 0.3) is 0 Å². The molecule has 0 aliphatic carbocycles. The Balaban J connectivity index is 2.38. The van der Waals surface area contributed by atoms with Crippen LogP contribution in [0.5, 0.6) is 11.5 Å². The van der Waals surface area contributed by atoms with Crippen molar-refractivity contribution in [3.63, 3.8) is 0 Å². The number of aryl methyl sites for hydroxylation is 2. The second kappa shape index (κ2) is 7.24. The standard InChI is InChI=1S/C18H22N2O3/c1-11-5-6-17(23-4)15(7-11)12(2)20-9-16-14(10-21)8-19-13(3)18(16)22/h5-9,12,21-22H,10H2,1-4H3/t12-/m0/s1. The number of hydrogen-bond donors (Lipinski definition) is 2. The summed E-state index contributed by atoms with van der Waals surface area (Å²) in [5.41, 5.74) is 3.64. The molecule has 122 valence electrons. The van der Waals surface area contributed by atoms with Crippen molar-refractivity contribution >= 4 is 6.21 Å². The van der Waals surface area contributed by atoms with Gasteiger partial charge in [-0.3, -0.25) is 9.98 Å². The van der Waals surface area contributed by atoms with Crippen LogP contribution in [0.15, 0.2) is 29.4 Å². The van der Waals surface area contributed by atoms with Crippen molar-refractivity contribution in [1.29, 1.82) is 0 Å². The molecule has 5 nitrogen and oxygen atoms in total. The predicted octanol–water partition coefficient (Wildman–Crippen LogP) is 3.09. The van der Waals surface area contributed by atoms with E-state index in [0.717, 1.165) is 16.9 Å². The van der Waals surface area contributed by atoms with Crippen LogP contribution in [-0.2, 0) is 6.61 Å². The average Bonchev–Trinajstić information content (AvgIpc) is 2.55. The van der Waals surface area contributed by atoms with Gasteiger partial charge in [-0.2, -0.15) is 0 Å². The van der Waals surface area contributed by atoms with Crippen LogP contribution in [0.4, 0.5) is 0 Å². The minimum absolute atomic E-state index is 0.0451. The molecule has 0 radical (unpaired) electrons. The normalized spacial score (nSPS) is 12.6. The van der Waals surface area contributed by atoms with Crippen molar-refractivity contribution < 1.29 is 14.9 Å². The zero-order valence-electron chi connectivity index (χ0n) is 13.9. The molecule has 2 N–H and O–H groups in total. The van der Waals surface area contributed by atoms with Crippen molar-refractivity contribution in [3.05, 3.63) is 52.3 Å². The highest BCUT2D eigenvalue weighted by molar-refractivity contribution is 5.85. The van der Waals surface area contributed by atoms with E-state index in [1.165, 1.54) is 0 Å². The summed E-state index contributed by atoms with van der Waals surface area (Å²) in [6.45, 7) is 5.48. The van der Waals surface area contributed by atoms with E-state index in [4.69, 9.17) is 4.74 Å². The second-order valence-electron chi connectivity index (χ2n) is 5.49. The topological polar surface area (TPSA) is 74.9 Å². The maximum atomic E-state index is 10.1. The number of rotatable bonds is 5. The first-order chi connectivity index (χ1) is 11.0. The maximum absolute atomic E-state index is 10.1. The number of aliphatic hydroxyl groups excluding tert-OH is 1. The Morgan fingerprint density at radius 3 is 2.74 bits per heavy atom. The van der Waals surface area contributed by atoms with Gasteiger partial charge in [-0.15, -0.1) is 0 Å². The van der Waals surface area contributed by atoms with Crippen LogP contribution in [0.25, 0.3) is 0 Å². The lowest BCUT2D eigenvalue weighted by molar-refractivity contribution is 0.280. The zero-order chi connectivity index (χ0) is 17.0. The monoisotopic (exact) mass is 314 g/mol. The molecular formula is C18H22N2O3. The lowest BCUT2D eigenvalue weighted by atomic mass is 10.0. The number of nitrogens with zero attached hydrogens (tertiary/aromatic N) is 2. The Morgan fingerprint density at radius 1 is 1.35 bits per heavy atom. The number of pyridine rings is 1. The number of aromatic hydroxyl groups is 1. The Morgan fingerprint density at radius 2 is 2.09 bits per heavy atom. The van der Waals surface area contributed by atoms with Gasteiger partial charge in [0.2, 0.25) is 0 Å². The minimum atomic E-state index is -0.204.